The van der Waals surface area contributed by atoms with E-state index in [4.69, 9.17) is 4.99 Å². The van der Waals surface area contributed by atoms with Crippen LogP contribution in [-0.2, 0) is 0 Å². The fourth-order valence-electron chi connectivity index (χ4n) is 1.99. The Labute approximate surface area is 108 Å². The van der Waals surface area contributed by atoms with Gasteiger partial charge in [-0.3, -0.25) is 4.99 Å². The number of aliphatic imine (C=N–C) groups is 1. The van der Waals surface area contributed by atoms with Crippen LogP contribution in [0.25, 0.3) is 0 Å². The number of benzene rings is 1. The van der Waals surface area contributed by atoms with E-state index in [-0.39, 0.29) is 5.54 Å². The summed E-state index contributed by atoms with van der Waals surface area (Å²) in [4.78, 5) is 4.74. The lowest BCUT2D eigenvalue weighted by atomic mass is 10.0. The number of rotatable bonds is 1. The molecule has 1 heterocycles. The summed E-state index contributed by atoms with van der Waals surface area (Å²) in [7, 11) is 0. The predicted octanol–water partition coefficient (Wildman–Crippen LogP) is 3.99. The van der Waals surface area contributed by atoms with Crippen molar-refractivity contribution in [3.8, 4) is 0 Å². The Morgan fingerprint density at radius 2 is 1.82 bits per heavy atom. The number of nitrogens with one attached hydrogen (secondary N) is 1. The lowest BCUT2D eigenvalue weighted by Crippen LogP contribution is -2.27. The molecule has 0 amide bonds. The Hall–Kier alpha value is -0.960. The summed E-state index contributed by atoms with van der Waals surface area (Å²) in [5.41, 5.74) is 3.79. The fourth-order valence-corrected chi connectivity index (χ4v) is 3.29. The number of amidine groups is 1. The zero-order valence-electron chi connectivity index (χ0n) is 11.0. The molecule has 17 heavy (non-hydrogen) atoms. The number of anilines is 1. The van der Waals surface area contributed by atoms with Gasteiger partial charge < -0.3 is 5.32 Å². The average molecular weight is 248 g/mol. The Bertz CT molecular complexity index is 429. The zero-order chi connectivity index (χ0) is 12.5. The summed E-state index contributed by atoms with van der Waals surface area (Å²) < 4.78 is 0. The van der Waals surface area contributed by atoms with Crippen LogP contribution in [0.1, 0.15) is 31.4 Å². The molecule has 3 heteroatoms. The summed E-state index contributed by atoms with van der Waals surface area (Å²) in [6.45, 7) is 8.63. The molecule has 0 atom stereocenters. The van der Waals surface area contributed by atoms with E-state index in [1.54, 1.807) is 0 Å². The van der Waals surface area contributed by atoms with Crippen molar-refractivity contribution in [2.45, 2.75) is 39.7 Å². The SMILES string of the molecule is Cc1cc(C)cc(NC2=NC(C)(C)CCS2)c1. The molecule has 0 spiro atoms. The van der Waals surface area contributed by atoms with Crippen molar-refractivity contribution >= 4 is 22.6 Å². The molecule has 0 radical (unpaired) electrons. The van der Waals surface area contributed by atoms with Crippen molar-refractivity contribution in [1.29, 1.82) is 0 Å². The van der Waals surface area contributed by atoms with Gasteiger partial charge in [0.15, 0.2) is 5.17 Å². The summed E-state index contributed by atoms with van der Waals surface area (Å²) in [6, 6.07) is 6.51. The average Bonchev–Trinajstić information content (AvgIpc) is 2.13. The van der Waals surface area contributed by atoms with Gasteiger partial charge in [0.05, 0.1) is 5.54 Å². The van der Waals surface area contributed by atoms with E-state index in [0.717, 1.165) is 23.0 Å². The molecule has 2 nitrogen and oxygen atoms in total. The summed E-state index contributed by atoms with van der Waals surface area (Å²) in [5.74, 6) is 1.14. The first kappa shape index (κ1) is 12.5. The van der Waals surface area contributed by atoms with Crippen molar-refractivity contribution in [1.82, 2.24) is 0 Å². The Morgan fingerprint density at radius 3 is 2.41 bits per heavy atom. The maximum Gasteiger partial charge on any atom is 0.161 e. The summed E-state index contributed by atoms with van der Waals surface area (Å²) in [6.07, 6.45) is 1.15. The van der Waals surface area contributed by atoms with E-state index >= 15 is 0 Å². The molecule has 0 saturated heterocycles. The topological polar surface area (TPSA) is 24.4 Å². The number of hydrogen-bond acceptors (Lipinski definition) is 3. The third-order valence-corrected chi connectivity index (χ3v) is 3.70. The van der Waals surface area contributed by atoms with Gasteiger partial charge in [-0.05, 0) is 57.4 Å². The predicted molar refractivity (Wildman–Crippen MR) is 78.1 cm³/mol. The molecule has 0 aromatic heterocycles. The van der Waals surface area contributed by atoms with Crippen LogP contribution in [0.3, 0.4) is 0 Å². The second kappa shape index (κ2) is 4.73. The second-order valence-electron chi connectivity index (χ2n) is 5.33. The van der Waals surface area contributed by atoms with Crippen LogP contribution in [0, 0.1) is 13.8 Å². The quantitative estimate of drug-likeness (QED) is 0.812. The zero-order valence-corrected chi connectivity index (χ0v) is 11.8. The molecule has 0 unspecified atom stereocenters. The number of aryl methyl sites for hydroxylation is 2. The van der Waals surface area contributed by atoms with Gasteiger partial charge in [-0.2, -0.15) is 0 Å². The highest BCUT2D eigenvalue weighted by molar-refractivity contribution is 8.14. The number of hydrogen-bond donors (Lipinski definition) is 1. The molecule has 1 aliphatic heterocycles. The maximum atomic E-state index is 4.74. The lowest BCUT2D eigenvalue weighted by Gasteiger charge is -2.26. The van der Waals surface area contributed by atoms with Gasteiger partial charge >= 0.3 is 0 Å². The van der Waals surface area contributed by atoms with E-state index in [1.165, 1.54) is 11.1 Å². The Morgan fingerprint density at radius 1 is 1.18 bits per heavy atom. The van der Waals surface area contributed by atoms with Gasteiger partial charge in [-0.1, -0.05) is 17.8 Å². The van der Waals surface area contributed by atoms with Gasteiger partial charge in [-0.15, -0.1) is 0 Å². The fraction of sp³-hybridized carbons (Fsp3) is 0.500. The molecule has 1 aliphatic rings. The Balaban J connectivity index is 2.18. The minimum atomic E-state index is 0.0758. The highest BCUT2D eigenvalue weighted by Gasteiger charge is 2.22. The smallest absolute Gasteiger partial charge is 0.161 e. The minimum Gasteiger partial charge on any atom is -0.335 e. The first-order chi connectivity index (χ1) is 7.94. The van der Waals surface area contributed by atoms with E-state index in [9.17, 15) is 0 Å². The molecule has 0 bridgehead atoms. The molecule has 1 N–H and O–H groups in total. The van der Waals surface area contributed by atoms with Gasteiger partial charge in [0.25, 0.3) is 0 Å². The largest absolute Gasteiger partial charge is 0.335 e. The van der Waals surface area contributed by atoms with Crippen LogP contribution in [0.2, 0.25) is 0 Å². The molecule has 2 rings (SSSR count). The normalized spacial score (nSPS) is 18.7. The molecule has 0 fully saturated rings. The third kappa shape index (κ3) is 3.50. The van der Waals surface area contributed by atoms with Gasteiger partial charge in [0.2, 0.25) is 0 Å². The van der Waals surface area contributed by atoms with Crippen LogP contribution >= 0.6 is 11.8 Å². The van der Waals surface area contributed by atoms with Crippen molar-refractivity contribution in [3.05, 3.63) is 29.3 Å². The molecule has 0 aliphatic carbocycles. The van der Waals surface area contributed by atoms with Crippen molar-refractivity contribution in [3.63, 3.8) is 0 Å². The standard InChI is InChI=1S/C14H20N2S/c1-10-7-11(2)9-12(8-10)15-13-16-14(3,4)5-6-17-13/h7-9H,5-6H2,1-4H3,(H,15,16). The van der Waals surface area contributed by atoms with Crippen LogP contribution in [-0.4, -0.2) is 16.5 Å². The molecule has 1 aromatic carbocycles. The van der Waals surface area contributed by atoms with Crippen molar-refractivity contribution in [2.75, 3.05) is 11.1 Å². The highest BCUT2D eigenvalue weighted by Crippen LogP contribution is 2.27. The van der Waals surface area contributed by atoms with E-state index in [2.05, 4.69) is 51.2 Å². The summed E-state index contributed by atoms with van der Waals surface area (Å²) in [5, 5.41) is 4.48. The number of thioether (sulfide) groups is 1. The minimum absolute atomic E-state index is 0.0758. The maximum absolute atomic E-state index is 4.74. The van der Waals surface area contributed by atoms with Crippen LogP contribution in [0.15, 0.2) is 23.2 Å². The Kier molecular flexibility index (Phi) is 3.48. The van der Waals surface area contributed by atoms with Crippen LogP contribution in [0.4, 0.5) is 5.69 Å². The van der Waals surface area contributed by atoms with Crippen LogP contribution in [0.5, 0.6) is 0 Å². The molecular formula is C14H20N2S. The van der Waals surface area contributed by atoms with Crippen molar-refractivity contribution < 1.29 is 0 Å². The van der Waals surface area contributed by atoms with Crippen LogP contribution < -0.4 is 5.32 Å². The van der Waals surface area contributed by atoms with Crippen molar-refractivity contribution in [2.24, 2.45) is 4.99 Å². The first-order valence-electron chi connectivity index (χ1n) is 6.03. The first-order valence-corrected chi connectivity index (χ1v) is 7.01. The van der Waals surface area contributed by atoms with E-state index < -0.39 is 0 Å². The number of nitrogens with zero attached hydrogens (tertiary/aromatic N) is 1. The van der Waals surface area contributed by atoms with Gasteiger partial charge in [0, 0.05) is 11.4 Å². The summed E-state index contributed by atoms with van der Waals surface area (Å²) >= 11 is 1.81. The second-order valence-corrected chi connectivity index (χ2v) is 6.41. The van der Waals surface area contributed by atoms with E-state index in [0.29, 0.717) is 0 Å². The molecular weight excluding hydrogens is 228 g/mol. The monoisotopic (exact) mass is 248 g/mol. The van der Waals surface area contributed by atoms with Gasteiger partial charge in [-0.25, -0.2) is 0 Å². The lowest BCUT2D eigenvalue weighted by molar-refractivity contribution is 0.507. The van der Waals surface area contributed by atoms with Gasteiger partial charge in [0.1, 0.15) is 0 Å². The van der Waals surface area contributed by atoms with E-state index in [1.807, 2.05) is 11.8 Å². The molecule has 1 aromatic rings. The third-order valence-electron chi connectivity index (χ3n) is 2.83. The molecule has 92 valence electrons. The highest BCUT2D eigenvalue weighted by atomic mass is 32.2. The molecule has 0 saturated carbocycles.